The fraction of sp³-hybridized carbons (Fsp3) is 0.286. The van der Waals surface area contributed by atoms with Crippen LogP contribution in [0.1, 0.15) is 29.2 Å². The number of likely N-dealkylation sites (N-methyl/N-ethyl adjacent to an activating group) is 1. The smallest absolute Gasteiger partial charge is 0.264 e. The number of hydrogen-bond acceptors (Lipinski definition) is 4. The van der Waals surface area contributed by atoms with Gasteiger partial charge < -0.3 is 10.2 Å². The standard InChI is InChI=1S/C28H31Cl2N3O4S/c1-18-6-10-25(11-7-18)38(36,37)33(24-13-19(2)12-20(3)14-24)17-27(34)32(21(4)28(35)31-5)16-22-8-9-23(29)15-26(22)30/h6-15,21H,16-17H2,1-5H3,(H,31,35)/t21-/m0/s1. The Bertz CT molecular complexity index is 1420. The predicted octanol–water partition coefficient (Wildman–Crippen LogP) is 5.28. The lowest BCUT2D eigenvalue weighted by Crippen LogP contribution is -2.50. The van der Waals surface area contributed by atoms with E-state index in [-0.39, 0.29) is 11.4 Å². The zero-order valence-electron chi connectivity index (χ0n) is 22.0. The number of halogens is 2. The van der Waals surface area contributed by atoms with Crippen molar-refractivity contribution in [3.8, 4) is 0 Å². The van der Waals surface area contributed by atoms with E-state index in [1.165, 1.54) is 24.1 Å². The van der Waals surface area contributed by atoms with Crippen molar-refractivity contribution in [2.24, 2.45) is 0 Å². The summed E-state index contributed by atoms with van der Waals surface area (Å²) in [6, 6.07) is 15.8. The van der Waals surface area contributed by atoms with Gasteiger partial charge in [0, 0.05) is 23.6 Å². The number of amides is 2. The zero-order valence-corrected chi connectivity index (χ0v) is 24.3. The fourth-order valence-corrected chi connectivity index (χ4v) is 5.95. The van der Waals surface area contributed by atoms with E-state index in [4.69, 9.17) is 23.2 Å². The molecule has 0 aliphatic rings. The lowest BCUT2D eigenvalue weighted by Gasteiger charge is -2.32. The lowest BCUT2D eigenvalue weighted by molar-refractivity contribution is -0.139. The van der Waals surface area contributed by atoms with E-state index in [9.17, 15) is 18.0 Å². The minimum absolute atomic E-state index is 0.0192. The van der Waals surface area contributed by atoms with Crippen LogP contribution in [0.3, 0.4) is 0 Å². The second-order valence-electron chi connectivity index (χ2n) is 9.22. The van der Waals surface area contributed by atoms with Gasteiger partial charge >= 0.3 is 0 Å². The Kier molecular flexibility index (Phi) is 9.46. The summed E-state index contributed by atoms with van der Waals surface area (Å²) in [5.74, 6) is -0.968. The summed E-state index contributed by atoms with van der Waals surface area (Å²) in [7, 11) is -2.66. The minimum atomic E-state index is -4.13. The molecule has 3 aromatic carbocycles. The topological polar surface area (TPSA) is 86.8 Å². The van der Waals surface area contributed by atoms with Crippen molar-refractivity contribution >= 4 is 50.7 Å². The van der Waals surface area contributed by atoms with Gasteiger partial charge in [-0.1, -0.05) is 53.0 Å². The van der Waals surface area contributed by atoms with Crippen molar-refractivity contribution < 1.29 is 18.0 Å². The van der Waals surface area contributed by atoms with Crippen LogP contribution >= 0.6 is 23.2 Å². The number of aryl methyl sites for hydroxylation is 3. The molecule has 0 aromatic heterocycles. The number of benzene rings is 3. The summed E-state index contributed by atoms with van der Waals surface area (Å²) in [5, 5.41) is 3.32. The normalized spacial score (nSPS) is 12.1. The maximum Gasteiger partial charge on any atom is 0.264 e. The molecule has 3 aromatic rings. The van der Waals surface area contributed by atoms with Crippen LogP contribution < -0.4 is 9.62 Å². The molecule has 0 aliphatic carbocycles. The number of sulfonamides is 1. The largest absolute Gasteiger partial charge is 0.357 e. The highest BCUT2D eigenvalue weighted by Crippen LogP contribution is 2.28. The number of nitrogens with zero attached hydrogens (tertiary/aromatic N) is 2. The van der Waals surface area contributed by atoms with E-state index < -0.39 is 34.4 Å². The van der Waals surface area contributed by atoms with Gasteiger partial charge in [-0.2, -0.15) is 0 Å². The molecule has 0 saturated carbocycles. The van der Waals surface area contributed by atoms with E-state index in [1.54, 1.807) is 49.4 Å². The van der Waals surface area contributed by atoms with Crippen molar-refractivity contribution in [1.29, 1.82) is 0 Å². The van der Waals surface area contributed by atoms with Gasteiger partial charge in [-0.25, -0.2) is 8.42 Å². The van der Waals surface area contributed by atoms with E-state index in [2.05, 4.69) is 5.32 Å². The fourth-order valence-electron chi connectivity index (χ4n) is 4.09. The van der Waals surface area contributed by atoms with E-state index >= 15 is 0 Å². The number of rotatable bonds is 9. The minimum Gasteiger partial charge on any atom is -0.357 e. The first-order chi connectivity index (χ1) is 17.8. The Balaban J connectivity index is 2.08. The Morgan fingerprint density at radius 1 is 0.895 bits per heavy atom. The average molecular weight is 577 g/mol. The molecule has 1 N–H and O–H groups in total. The summed E-state index contributed by atoms with van der Waals surface area (Å²) >= 11 is 12.4. The van der Waals surface area contributed by atoms with Crippen molar-refractivity contribution in [3.63, 3.8) is 0 Å². The molecular weight excluding hydrogens is 545 g/mol. The van der Waals surface area contributed by atoms with E-state index in [0.29, 0.717) is 21.3 Å². The first-order valence-electron chi connectivity index (χ1n) is 12.0. The van der Waals surface area contributed by atoms with Crippen LogP contribution in [0, 0.1) is 20.8 Å². The van der Waals surface area contributed by atoms with Crippen LogP contribution in [0.2, 0.25) is 10.0 Å². The molecule has 10 heteroatoms. The van der Waals surface area contributed by atoms with Gasteiger partial charge in [-0.05, 0) is 80.8 Å². The number of hydrogen-bond donors (Lipinski definition) is 1. The molecule has 2 amide bonds. The highest BCUT2D eigenvalue weighted by Gasteiger charge is 2.32. The molecule has 0 fully saturated rings. The lowest BCUT2D eigenvalue weighted by atomic mass is 10.1. The molecule has 7 nitrogen and oxygen atoms in total. The summed E-state index contributed by atoms with van der Waals surface area (Å²) in [6.45, 7) is 6.62. The van der Waals surface area contributed by atoms with Gasteiger partial charge in [0.1, 0.15) is 12.6 Å². The van der Waals surface area contributed by atoms with Gasteiger partial charge in [0.25, 0.3) is 10.0 Å². The second-order valence-corrected chi connectivity index (χ2v) is 11.9. The SMILES string of the molecule is CNC(=O)[C@H](C)N(Cc1ccc(Cl)cc1Cl)C(=O)CN(c1cc(C)cc(C)c1)S(=O)(=O)c1ccc(C)cc1. The molecular formula is C28H31Cl2N3O4S. The molecule has 3 rings (SSSR count). The summed E-state index contributed by atoms with van der Waals surface area (Å²) in [4.78, 5) is 27.8. The molecule has 0 radical (unpaired) electrons. The van der Waals surface area contributed by atoms with Crippen LogP contribution in [-0.4, -0.2) is 44.8 Å². The number of nitrogens with one attached hydrogen (secondary N) is 1. The second kappa shape index (κ2) is 12.2. The summed E-state index contributed by atoms with van der Waals surface area (Å²) in [6.07, 6.45) is 0. The predicted molar refractivity (Wildman–Crippen MR) is 152 cm³/mol. The Labute approximate surface area is 234 Å². The third-order valence-electron chi connectivity index (χ3n) is 6.15. The average Bonchev–Trinajstić information content (AvgIpc) is 2.85. The van der Waals surface area contributed by atoms with Crippen molar-refractivity contribution in [2.45, 2.75) is 45.2 Å². The Morgan fingerprint density at radius 2 is 1.50 bits per heavy atom. The maximum atomic E-state index is 13.9. The van der Waals surface area contributed by atoms with Gasteiger partial charge in [0.05, 0.1) is 10.6 Å². The van der Waals surface area contributed by atoms with Crippen molar-refractivity contribution in [1.82, 2.24) is 10.2 Å². The summed E-state index contributed by atoms with van der Waals surface area (Å²) in [5.41, 5.74) is 3.52. The molecule has 0 aliphatic heterocycles. The number of anilines is 1. The van der Waals surface area contributed by atoms with Crippen LogP contribution in [-0.2, 0) is 26.2 Å². The first kappa shape index (κ1) is 29.5. The quantitative estimate of drug-likeness (QED) is 0.376. The van der Waals surface area contributed by atoms with Gasteiger partial charge in [-0.3, -0.25) is 13.9 Å². The zero-order chi connectivity index (χ0) is 28.2. The monoisotopic (exact) mass is 575 g/mol. The first-order valence-corrected chi connectivity index (χ1v) is 14.2. The summed E-state index contributed by atoms with van der Waals surface area (Å²) < 4.78 is 28.8. The van der Waals surface area contributed by atoms with Gasteiger partial charge in [-0.15, -0.1) is 0 Å². The van der Waals surface area contributed by atoms with Crippen LogP contribution in [0.5, 0.6) is 0 Å². The molecule has 0 heterocycles. The van der Waals surface area contributed by atoms with Crippen molar-refractivity contribution in [3.05, 3.63) is 93.0 Å². The molecule has 1 atom stereocenters. The van der Waals surface area contributed by atoms with Gasteiger partial charge in [0.2, 0.25) is 11.8 Å². The molecule has 38 heavy (non-hydrogen) atoms. The Hall–Kier alpha value is -3.07. The molecule has 0 unspecified atom stereocenters. The number of carbonyl (C=O) groups excluding carboxylic acids is 2. The van der Waals surface area contributed by atoms with E-state index in [1.807, 2.05) is 26.8 Å². The van der Waals surface area contributed by atoms with Gasteiger partial charge in [0.15, 0.2) is 0 Å². The highest BCUT2D eigenvalue weighted by atomic mass is 35.5. The van der Waals surface area contributed by atoms with Crippen LogP contribution in [0.15, 0.2) is 65.6 Å². The van der Waals surface area contributed by atoms with Crippen LogP contribution in [0.4, 0.5) is 5.69 Å². The van der Waals surface area contributed by atoms with Crippen molar-refractivity contribution in [2.75, 3.05) is 17.9 Å². The molecule has 0 bridgehead atoms. The third kappa shape index (κ3) is 6.87. The molecule has 202 valence electrons. The molecule has 0 saturated heterocycles. The molecule has 0 spiro atoms. The highest BCUT2D eigenvalue weighted by molar-refractivity contribution is 7.92. The third-order valence-corrected chi connectivity index (χ3v) is 8.53. The van der Waals surface area contributed by atoms with Crippen LogP contribution in [0.25, 0.3) is 0 Å². The Morgan fingerprint density at radius 3 is 2.05 bits per heavy atom. The number of carbonyl (C=O) groups is 2. The van der Waals surface area contributed by atoms with E-state index in [0.717, 1.165) is 21.0 Å². The maximum absolute atomic E-state index is 13.9.